The van der Waals surface area contributed by atoms with Crippen molar-refractivity contribution in [1.82, 2.24) is 4.98 Å². The number of fused-ring (bicyclic) bond motifs is 1. The van der Waals surface area contributed by atoms with Crippen LogP contribution in [0.5, 0.6) is 5.75 Å². The average Bonchev–Trinajstić information content (AvgIpc) is 2.97. The minimum absolute atomic E-state index is 0. The lowest BCUT2D eigenvalue weighted by Crippen LogP contribution is -3.00. The van der Waals surface area contributed by atoms with Gasteiger partial charge in [0.2, 0.25) is 5.72 Å². The van der Waals surface area contributed by atoms with Crippen molar-refractivity contribution in [3.8, 4) is 5.75 Å². The van der Waals surface area contributed by atoms with Crippen LogP contribution in [0.4, 0.5) is 5.95 Å². The van der Waals surface area contributed by atoms with Crippen LogP contribution in [0.2, 0.25) is 0 Å². The Hall–Kier alpha value is -1.66. The van der Waals surface area contributed by atoms with Gasteiger partial charge in [-0.15, -0.1) is 0 Å². The van der Waals surface area contributed by atoms with Crippen LogP contribution in [0, 0.1) is 0 Å². The van der Waals surface area contributed by atoms with Gasteiger partial charge in [0.15, 0.2) is 0 Å². The summed E-state index contributed by atoms with van der Waals surface area (Å²) in [7, 11) is 1.65. The summed E-state index contributed by atoms with van der Waals surface area (Å²) in [5, 5.41) is 11.6. The summed E-state index contributed by atoms with van der Waals surface area (Å²) < 4.78 is 7.28. The fraction of sp³-hybridized carbons (Fsp3) is 0.524. The number of aromatic nitrogens is 2. The molecule has 0 amide bonds. The molecule has 5 nitrogen and oxygen atoms in total. The van der Waals surface area contributed by atoms with E-state index in [2.05, 4.69) is 16.8 Å². The van der Waals surface area contributed by atoms with Crippen LogP contribution < -0.4 is 31.2 Å². The summed E-state index contributed by atoms with van der Waals surface area (Å²) in [6.45, 7) is 3.52. The number of hydrogen-bond acceptors (Lipinski definition) is 4. The van der Waals surface area contributed by atoms with Crippen molar-refractivity contribution in [3.63, 3.8) is 0 Å². The highest BCUT2D eigenvalue weighted by molar-refractivity contribution is 5.40. The van der Waals surface area contributed by atoms with E-state index in [1.807, 2.05) is 41.1 Å². The maximum Gasteiger partial charge on any atom is 0.396 e. The fourth-order valence-corrected chi connectivity index (χ4v) is 3.67. The van der Waals surface area contributed by atoms with E-state index in [0.717, 1.165) is 30.2 Å². The first kappa shape index (κ1) is 21.6. The number of halogens is 1. The van der Waals surface area contributed by atoms with Crippen molar-refractivity contribution in [2.24, 2.45) is 0 Å². The highest BCUT2D eigenvalue weighted by Gasteiger charge is 2.51. The van der Waals surface area contributed by atoms with Gasteiger partial charge in [0.25, 0.3) is 0 Å². The molecule has 1 aliphatic rings. The van der Waals surface area contributed by atoms with Gasteiger partial charge in [0.05, 0.1) is 19.9 Å². The lowest BCUT2D eigenvalue weighted by molar-refractivity contribution is -0.685. The first-order chi connectivity index (χ1) is 12.7. The van der Waals surface area contributed by atoms with Gasteiger partial charge in [0, 0.05) is 11.6 Å². The predicted molar refractivity (Wildman–Crippen MR) is 102 cm³/mol. The Bertz CT molecular complexity index is 711. The van der Waals surface area contributed by atoms with Crippen LogP contribution in [0.15, 0.2) is 42.7 Å². The molecule has 0 fully saturated rings. The van der Waals surface area contributed by atoms with Crippen LogP contribution in [0.3, 0.4) is 0 Å². The van der Waals surface area contributed by atoms with Gasteiger partial charge in [-0.1, -0.05) is 44.0 Å². The molecule has 2 heterocycles. The quantitative estimate of drug-likeness (QED) is 0.457. The van der Waals surface area contributed by atoms with Gasteiger partial charge in [0.1, 0.15) is 18.5 Å². The SMILES string of the molecule is CCCCCCCCN1c2nccc[n+]2C[C@@]1(O)c1ccc(OC)cc1.[Br-]. The van der Waals surface area contributed by atoms with Crippen molar-refractivity contribution in [3.05, 3.63) is 48.3 Å². The Morgan fingerprint density at radius 3 is 2.56 bits per heavy atom. The molecular weight excluding hydrogens is 406 g/mol. The van der Waals surface area contributed by atoms with Gasteiger partial charge in [-0.2, -0.15) is 0 Å². The molecule has 0 saturated carbocycles. The maximum atomic E-state index is 11.6. The van der Waals surface area contributed by atoms with Crippen molar-refractivity contribution in [2.75, 3.05) is 18.6 Å². The maximum absolute atomic E-state index is 11.6. The zero-order chi connectivity index (χ0) is 18.4. The van der Waals surface area contributed by atoms with E-state index in [4.69, 9.17) is 4.74 Å². The molecule has 1 aromatic heterocycles. The van der Waals surface area contributed by atoms with Crippen LogP contribution in [0.1, 0.15) is 51.0 Å². The predicted octanol–water partition coefficient (Wildman–Crippen LogP) is 0.408. The van der Waals surface area contributed by atoms with Crippen molar-refractivity contribution >= 4 is 5.95 Å². The first-order valence-corrected chi connectivity index (χ1v) is 9.68. The number of hydrogen-bond donors (Lipinski definition) is 1. The normalized spacial score (nSPS) is 18.1. The summed E-state index contributed by atoms with van der Waals surface area (Å²) in [5.41, 5.74) is -0.202. The largest absolute Gasteiger partial charge is 1.00 e. The van der Waals surface area contributed by atoms with E-state index >= 15 is 0 Å². The van der Waals surface area contributed by atoms with Crippen molar-refractivity contribution < 1.29 is 31.4 Å². The number of nitrogens with zero attached hydrogens (tertiary/aromatic N) is 3. The molecule has 1 aromatic carbocycles. The summed E-state index contributed by atoms with van der Waals surface area (Å²) >= 11 is 0. The molecule has 0 spiro atoms. The molecule has 27 heavy (non-hydrogen) atoms. The Kier molecular flexibility index (Phi) is 8.05. The molecule has 0 saturated heterocycles. The molecule has 0 radical (unpaired) electrons. The Morgan fingerprint density at radius 2 is 1.85 bits per heavy atom. The topological polar surface area (TPSA) is 49.5 Å². The summed E-state index contributed by atoms with van der Waals surface area (Å²) in [6, 6.07) is 9.60. The Morgan fingerprint density at radius 1 is 1.15 bits per heavy atom. The molecule has 1 aliphatic heterocycles. The van der Waals surface area contributed by atoms with Gasteiger partial charge in [-0.05, 0) is 30.7 Å². The van der Waals surface area contributed by atoms with Gasteiger partial charge in [-0.25, -0.2) is 9.47 Å². The van der Waals surface area contributed by atoms with Crippen LogP contribution in [-0.4, -0.2) is 23.7 Å². The number of anilines is 1. The van der Waals surface area contributed by atoms with Crippen LogP contribution >= 0.6 is 0 Å². The summed E-state index contributed by atoms with van der Waals surface area (Å²) in [6.07, 6.45) is 11.1. The monoisotopic (exact) mass is 435 g/mol. The van der Waals surface area contributed by atoms with E-state index in [9.17, 15) is 5.11 Å². The highest BCUT2D eigenvalue weighted by atomic mass is 79.9. The molecule has 6 heteroatoms. The molecule has 148 valence electrons. The second-order valence-electron chi connectivity index (χ2n) is 7.01. The zero-order valence-electron chi connectivity index (χ0n) is 16.3. The molecule has 0 unspecified atom stereocenters. The number of methoxy groups -OCH3 is 1. The number of unbranched alkanes of at least 4 members (excludes halogenated alkanes) is 5. The van der Waals surface area contributed by atoms with Crippen LogP contribution in [0.25, 0.3) is 0 Å². The van der Waals surface area contributed by atoms with Crippen LogP contribution in [-0.2, 0) is 12.3 Å². The van der Waals surface area contributed by atoms with E-state index in [1.54, 1.807) is 13.3 Å². The van der Waals surface area contributed by atoms with Gasteiger partial charge < -0.3 is 26.8 Å². The molecule has 0 aliphatic carbocycles. The minimum Gasteiger partial charge on any atom is -1.00 e. The lowest BCUT2D eigenvalue weighted by Gasteiger charge is -2.28. The zero-order valence-corrected chi connectivity index (χ0v) is 17.9. The van der Waals surface area contributed by atoms with Crippen molar-refractivity contribution in [2.45, 2.75) is 57.7 Å². The molecule has 1 N–H and O–H groups in total. The molecule has 0 bridgehead atoms. The first-order valence-electron chi connectivity index (χ1n) is 9.68. The minimum atomic E-state index is -1.07. The highest BCUT2D eigenvalue weighted by Crippen LogP contribution is 2.34. The number of aliphatic hydroxyl groups is 1. The van der Waals surface area contributed by atoms with Gasteiger partial charge in [-0.3, -0.25) is 0 Å². The number of rotatable bonds is 9. The molecule has 3 rings (SSSR count). The third-order valence-corrected chi connectivity index (χ3v) is 5.17. The average molecular weight is 436 g/mol. The van der Waals surface area contributed by atoms with E-state index in [0.29, 0.717) is 6.54 Å². The lowest BCUT2D eigenvalue weighted by atomic mass is 10.0. The second-order valence-corrected chi connectivity index (χ2v) is 7.01. The fourth-order valence-electron chi connectivity index (χ4n) is 3.67. The number of benzene rings is 1. The smallest absolute Gasteiger partial charge is 0.396 e. The Balaban J connectivity index is 0.00000261. The third-order valence-electron chi connectivity index (χ3n) is 5.17. The summed E-state index contributed by atoms with van der Waals surface area (Å²) in [4.78, 5) is 6.58. The van der Waals surface area contributed by atoms with E-state index < -0.39 is 5.72 Å². The van der Waals surface area contributed by atoms with E-state index in [1.165, 1.54) is 32.1 Å². The standard InChI is InChI=1S/C21H30N3O2.BrH/c1-3-4-5-6-7-8-16-24-20-22-14-9-15-23(20)17-21(24,25)18-10-12-19(26-2)13-11-18;/h9-15,25H,3-8,16-17H2,1-2H3;1H/q+1;/p-1/t21-;/m1./s1. The second kappa shape index (κ2) is 10.0. The number of ether oxygens (including phenoxy) is 1. The third kappa shape index (κ3) is 4.79. The van der Waals surface area contributed by atoms with E-state index in [-0.39, 0.29) is 17.0 Å². The summed E-state index contributed by atoms with van der Waals surface area (Å²) in [5.74, 6) is 1.63. The van der Waals surface area contributed by atoms with Gasteiger partial charge >= 0.3 is 5.95 Å². The molecular formula is C21H30BrN3O2. The molecule has 2 aromatic rings. The Labute approximate surface area is 172 Å². The van der Waals surface area contributed by atoms with Crippen molar-refractivity contribution in [1.29, 1.82) is 0 Å². The molecule has 1 atom stereocenters.